The van der Waals surface area contributed by atoms with Crippen molar-refractivity contribution in [3.8, 4) is 0 Å². The number of aliphatic carboxylic acids is 1. The smallest absolute Gasteiger partial charge is 0.316 e. The molecule has 0 spiro atoms. The van der Waals surface area contributed by atoms with Crippen molar-refractivity contribution in [2.24, 2.45) is 5.73 Å². The van der Waals surface area contributed by atoms with Crippen molar-refractivity contribution in [3.63, 3.8) is 0 Å². The summed E-state index contributed by atoms with van der Waals surface area (Å²) in [5.41, 5.74) is 6.71. The third-order valence-corrected chi connectivity index (χ3v) is 3.34. The Morgan fingerprint density at radius 2 is 2.32 bits per heavy atom. The number of hydrogen-bond donors (Lipinski definition) is 5. The summed E-state index contributed by atoms with van der Waals surface area (Å²) in [7, 11) is 0. The molecule has 0 aromatic carbocycles. The van der Waals surface area contributed by atoms with E-state index in [0.717, 1.165) is 25.0 Å². The summed E-state index contributed by atoms with van der Waals surface area (Å²) in [4.78, 5) is 17.0. The minimum Gasteiger partial charge on any atom is -0.480 e. The molecule has 1 aromatic rings. The van der Waals surface area contributed by atoms with Crippen LogP contribution in [0.15, 0.2) is 12.5 Å². The maximum atomic E-state index is 10.1. The van der Waals surface area contributed by atoms with Gasteiger partial charge in [-0.2, -0.15) is 25.3 Å². The molecule has 0 fully saturated rings. The van der Waals surface area contributed by atoms with E-state index in [1.807, 2.05) is 6.92 Å². The number of imidazole rings is 1. The first-order chi connectivity index (χ1) is 9.01. The maximum absolute atomic E-state index is 10.1. The molecule has 2 atom stereocenters. The molecular weight excluding hydrogens is 282 g/mol. The summed E-state index contributed by atoms with van der Waals surface area (Å²) in [6, 6.07) is 0.129. The van der Waals surface area contributed by atoms with Gasteiger partial charge in [0.2, 0.25) is 0 Å². The van der Waals surface area contributed by atoms with Crippen molar-refractivity contribution >= 4 is 31.2 Å². The SMILES string of the molecule is CCCCC(S)C(=O)O.N[C@H](CS)Cc1cnc[nH]1. The van der Waals surface area contributed by atoms with Gasteiger partial charge in [0.05, 0.1) is 11.6 Å². The maximum Gasteiger partial charge on any atom is 0.316 e. The number of H-pyrrole nitrogens is 1. The van der Waals surface area contributed by atoms with Gasteiger partial charge in [-0.05, 0) is 6.42 Å². The Bertz CT molecular complexity index is 334. The Kier molecular flexibility index (Phi) is 10.8. The minimum absolute atomic E-state index is 0.129. The summed E-state index contributed by atoms with van der Waals surface area (Å²) in [6.07, 6.45) is 6.91. The zero-order valence-corrected chi connectivity index (χ0v) is 12.9. The molecule has 0 aliphatic heterocycles. The van der Waals surface area contributed by atoms with E-state index in [2.05, 4.69) is 35.2 Å². The lowest BCUT2D eigenvalue weighted by atomic mass is 10.2. The second-order valence-electron chi connectivity index (χ2n) is 4.22. The van der Waals surface area contributed by atoms with Gasteiger partial charge in [0, 0.05) is 30.1 Å². The summed E-state index contributed by atoms with van der Waals surface area (Å²) < 4.78 is 0. The van der Waals surface area contributed by atoms with Crippen LogP contribution in [0.3, 0.4) is 0 Å². The van der Waals surface area contributed by atoms with Crippen LogP contribution >= 0.6 is 25.3 Å². The Balaban J connectivity index is 0.000000344. The van der Waals surface area contributed by atoms with Crippen LogP contribution in [0.25, 0.3) is 0 Å². The normalized spacial score (nSPS) is 13.3. The van der Waals surface area contributed by atoms with E-state index in [1.54, 1.807) is 12.5 Å². The lowest BCUT2D eigenvalue weighted by Crippen LogP contribution is -2.24. The number of rotatable bonds is 7. The van der Waals surface area contributed by atoms with Crippen molar-refractivity contribution in [1.82, 2.24) is 9.97 Å². The number of thiol groups is 2. The van der Waals surface area contributed by atoms with Crippen LogP contribution in [0.1, 0.15) is 31.9 Å². The van der Waals surface area contributed by atoms with Crippen LogP contribution in [0, 0.1) is 0 Å². The second kappa shape index (κ2) is 11.2. The number of carboxylic acid groups (broad SMARTS) is 1. The molecule has 5 nitrogen and oxygen atoms in total. The third kappa shape index (κ3) is 9.86. The number of aromatic amines is 1. The zero-order valence-electron chi connectivity index (χ0n) is 11.1. The molecular formula is C12H23N3O2S2. The van der Waals surface area contributed by atoms with Crippen molar-refractivity contribution in [3.05, 3.63) is 18.2 Å². The van der Waals surface area contributed by atoms with E-state index < -0.39 is 11.2 Å². The van der Waals surface area contributed by atoms with Crippen molar-refractivity contribution in [2.45, 2.75) is 43.9 Å². The Morgan fingerprint density at radius 1 is 1.63 bits per heavy atom. The fourth-order valence-corrected chi connectivity index (χ4v) is 1.58. The largest absolute Gasteiger partial charge is 0.480 e. The van der Waals surface area contributed by atoms with Gasteiger partial charge in [0.25, 0.3) is 0 Å². The van der Waals surface area contributed by atoms with Gasteiger partial charge in [0.15, 0.2) is 0 Å². The number of unbranched alkanes of at least 4 members (excludes halogenated alkanes) is 1. The molecule has 1 unspecified atom stereocenters. The average molecular weight is 305 g/mol. The molecule has 0 saturated heterocycles. The molecule has 110 valence electrons. The van der Waals surface area contributed by atoms with Gasteiger partial charge >= 0.3 is 5.97 Å². The highest BCUT2D eigenvalue weighted by Gasteiger charge is 2.09. The molecule has 0 saturated carbocycles. The highest BCUT2D eigenvalue weighted by atomic mass is 32.1. The zero-order chi connectivity index (χ0) is 14.7. The fraction of sp³-hybridized carbons (Fsp3) is 0.667. The van der Waals surface area contributed by atoms with Gasteiger partial charge in [-0.3, -0.25) is 4.79 Å². The van der Waals surface area contributed by atoms with Crippen LogP contribution in [0.4, 0.5) is 0 Å². The monoisotopic (exact) mass is 305 g/mol. The van der Waals surface area contributed by atoms with Crippen LogP contribution in [-0.2, 0) is 11.2 Å². The first-order valence-electron chi connectivity index (χ1n) is 6.25. The van der Waals surface area contributed by atoms with E-state index in [1.165, 1.54) is 0 Å². The molecule has 0 radical (unpaired) electrons. The van der Waals surface area contributed by atoms with Gasteiger partial charge in [0.1, 0.15) is 0 Å². The molecule has 7 heteroatoms. The number of carbonyl (C=O) groups is 1. The minimum atomic E-state index is -0.813. The molecule has 0 aliphatic rings. The van der Waals surface area contributed by atoms with E-state index in [0.29, 0.717) is 12.2 Å². The van der Waals surface area contributed by atoms with E-state index >= 15 is 0 Å². The van der Waals surface area contributed by atoms with E-state index in [-0.39, 0.29) is 6.04 Å². The topological polar surface area (TPSA) is 92.0 Å². The van der Waals surface area contributed by atoms with Gasteiger partial charge < -0.3 is 15.8 Å². The Hall–Kier alpha value is -0.660. The first kappa shape index (κ1) is 18.3. The van der Waals surface area contributed by atoms with Crippen LogP contribution in [0.2, 0.25) is 0 Å². The first-order valence-corrected chi connectivity index (χ1v) is 7.40. The average Bonchev–Trinajstić information content (AvgIpc) is 2.89. The van der Waals surface area contributed by atoms with Crippen LogP contribution < -0.4 is 5.73 Å². The third-order valence-electron chi connectivity index (χ3n) is 2.39. The second-order valence-corrected chi connectivity index (χ2v) is 5.21. The highest BCUT2D eigenvalue weighted by molar-refractivity contribution is 7.81. The molecule has 0 aliphatic carbocycles. The quantitative estimate of drug-likeness (QED) is 0.496. The number of aromatic nitrogens is 2. The number of nitrogens with one attached hydrogen (secondary N) is 1. The summed E-state index contributed by atoms with van der Waals surface area (Å²) in [5, 5.41) is 7.86. The number of hydrogen-bond acceptors (Lipinski definition) is 5. The van der Waals surface area contributed by atoms with Crippen molar-refractivity contribution < 1.29 is 9.90 Å². The van der Waals surface area contributed by atoms with Gasteiger partial charge in [-0.25, -0.2) is 4.98 Å². The van der Waals surface area contributed by atoms with Crippen molar-refractivity contribution in [1.29, 1.82) is 0 Å². The fourth-order valence-electron chi connectivity index (χ4n) is 1.26. The predicted molar refractivity (Wildman–Crippen MR) is 84.1 cm³/mol. The van der Waals surface area contributed by atoms with Gasteiger partial charge in [-0.15, -0.1) is 0 Å². The molecule has 1 aromatic heterocycles. The number of nitrogens with two attached hydrogens (primary N) is 1. The Labute approximate surface area is 125 Å². The molecule has 0 bridgehead atoms. The summed E-state index contributed by atoms with van der Waals surface area (Å²) >= 11 is 7.93. The van der Waals surface area contributed by atoms with Crippen LogP contribution in [-0.4, -0.2) is 38.1 Å². The van der Waals surface area contributed by atoms with E-state index in [9.17, 15) is 4.79 Å². The number of nitrogens with zero attached hydrogens (tertiary/aromatic N) is 1. The van der Waals surface area contributed by atoms with Crippen LogP contribution in [0.5, 0.6) is 0 Å². The van der Waals surface area contributed by atoms with Crippen molar-refractivity contribution in [2.75, 3.05) is 5.75 Å². The lowest BCUT2D eigenvalue weighted by molar-refractivity contribution is -0.136. The summed E-state index contributed by atoms with van der Waals surface area (Å²) in [5.74, 6) is -0.106. The number of carboxylic acids is 1. The molecule has 0 amide bonds. The molecule has 4 N–H and O–H groups in total. The van der Waals surface area contributed by atoms with Gasteiger partial charge in [-0.1, -0.05) is 19.8 Å². The lowest BCUT2D eigenvalue weighted by Gasteiger charge is -2.04. The predicted octanol–water partition coefficient (Wildman–Crippen LogP) is 1.77. The Morgan fingerprint density at radius 3 is 2.74 bits per heavy atom. The highest BCUT2D eigenvalue weighted by Crippen LogP contribution is 2.05. The summed E-state index contributed by atoms with van der Waals surface area (Å²) in [6.45, 7) is 2.03. The standard InChI is InChI=1S/C6H11N3S.C6H12O2S/c7-5(3-10)1-6-2-8-4-9-6;1-2-3-4-5(9)6(7)8/h2,4-5,10H,1,3,7H2,(H,8,9);5,9H,2-4H2,1H3,(H,7,8)/t5-;/m0./s1. The molecule has 19 heavy (non-hydrogen) atoms. The molecule has 1 rings (SSSR count). The van der Waals surface area contributed by atoms with E-state index in [4.69, 9.17) is 10.8 Å². The molecule has 1 heterocycles.